The first-order chi connectivity index (χ1) is 3.89. The minimum atomic E-state index is -0.0741. The number of aromatic amines is 1. The molecule has 0 saturated heterocycles. The zero-order chi connectivity index (χ0) is 5.82. The third-order valence-electron chi connectivity index (χ3n) is 0.792. The fraction of sp³-hybridized carbons (Fsp3) is 0. The molecule has 0 aromatic carbocycles. The van der Waals surface area contributed by atoms with E-state index in [0.717, 1.165) is 0 Å². The molecule has 0 spiro atoms. The van der Waals surface area contributed by atoms with Gasteiger partial charge in [-0.15, -0.1) is 0 Å². The monoisotopic (exact) mass is 108 g/mol. The van der Waals surface area contributed by atoms with Gasteiger partial charge in [-0.1, -0.05) is 12.1 Å². The van der Waals surface area contributed by atoms with Crippen LogP contribution in [0.15, 0.2) is 35.3 Å². The third kappa shape index (κ3) is 1.15. The molecule has 0 bridgehead atoms. The molecule has 1 heterocycles. The fourth-order valence-electron chi connectivity index (χ4n) is 0.441. The Balaban J connectivity index is 3.32. The van der Waals surface area contributed by atoms with E-state index < -0.39 is 0 Å². The molecule has 2 heteroatoms. The number of H-pyrrole nitrogens is 1. The summed E-state index contributed by atoms with van der Waals surface area (Å²) in [4.78, 5) is 12.9. The van der Waals surface area contributed by atoms with E-state index in [1.807, 2.05) is 0 Å². The van der Waals surface area contributed by atoms with Gasteiger partial charge in [-0.2, -0.15) is 4.98 Å². The molecule has 0 aliphatic carbocycles. The summed E-state index contributed by atoms with van der Waals surface area (Å²) in [6.45, 7) is 0. The molecule has 8 heavy (non-hydrogen) atoms. The summed E-state index contributed by atoms with van der Waals surface area (Å²) in [5.41, 5.74) is -0.0741. The van der Waals surface area contributed by atoms with Gasteiger partial charge in [0.1, 0.15) is 0 Å². The van der Waals surface area contributed by atoms with Gasteiger partial charge in [0, 0.05) is 6.07 Å². The van der Waals surface area contributed by atoms with Crippen LogP contribution in [0.5, 0.6) is 0 Å². The van der Waals surface area contributed by atoms with Crippen LogP contribution in [0.25, 0.3) is 0 Å². The summed E-state index contributed by atoms with van der Waals surface area (Å²) in [5, 5.41) is 0. The van der Waals surface area contributed by atoms with Gasteiger partial charge in [-0.3, -0.25) is 0 Å². The van der Waals surface area contributed by atoms with Crippen LogP contribution in [0.4, 0.5) is 0 Å². The first-order valence-electron chi connectivity index (χ1n) is 2.36. The number of rotatable bonds is 0. The quantitative estimate of drug-likeness (QED) is 0.455. The number of aromatic nitrogens is 1. The van der Waals surface area contributed by atoms with Crippen LogP contribution >= 0.6 is 0 Å². The second-order valence-corrected chi connectivity index (χ2v) is 1.42. The zero-order valence-corrected chi connectivity index (χ0v) is 4.29. The summed E-state index contributed by atoms with van der Waals surface area (Å²) < 4.78 is 0. The highest BCUT2D eigenvalue weighted by atomic mass is 16.1. The van der Waals surface area contributed by atoms with E-state index in [9.17, 15) is 4.79 Å². The van der Waals surface area contributed by atoms with Crippen molar-refractivity contribution in [3.8, 4) is 0 Å². The molecule has 2 nitrogen and oxygen atoms in total. The lowest BCUT2D eigenvalue weighted by atomic mass is 10.5. The summed E-state index contributed by atoms with van der Waals surface area (Å²) in [6, 6.07) is 6.72. The van der Waals surface area contributed by atoms with Gasteiger partial charge in [0.05, 0.1) is 6.07 Å². The van der Waals surface area contributed by atoms with E-state index in [2.05, 4.69) is 4.98 Å². The normalized spacial score (nSPS) is 8.50. The van der Waals surface area contributed by atoms with Crippen molar-refractivity contribution >= 4 is 0 Å². The largest absolute Gasteiger partial charge is 0.410 e. The smallest absolute Gasteiger partial charge is 0.215 e. The fourth-order valence-corrected chi connectivity index (χ4v) is 0.441. The summed E-state index contributed by atoms with van der Waals surface area (Å²) in [5.74, 6) is 0. The predicted molar refractivity (Wildman–Crippen MR) is 29.3 cm³/mol. The van der Waals surface area contributed by atoms with Crippen LogP contribution in [0.1, 0.15) is 0 Å². The Labute approximate surface area is 46.8 Å². The van der Waals surface area contributed by atoms with Crippen molar-refractivity contribution < 1.29 is 4.98 Å². The van der Waals surface area contributed by atoms with Gasteiger partial charge in [-0.05, 0) is 0 Å². The van der Waals surface area contributed by atoms with Crippen LogP contribution in [0.3, 0.4) is 0 Å². The number of nitrogens with one attached hydrogen (secondary N) is 1. The number of hydrogen-bond acceptors (Lipinski definition) is 1. The van der Waals surface area contributed by atoms with Gasteiger partial charge in [0.25, 0.3) is 0 Å². The van der Waals surface area contributed by atoms with E-state index in [-0.39, 0.29) is 5.56 Å². The summed E-state index contributed by atoms with van der Waals surface area (Å²) in [6.07, 6.45) is 1.60. The Morgan fingerprint density at radius 3 is 3.00 bits per heavy atom. The topological polar surface area (TPSA) is 31.2 Å². The Bertz CT molecular complexity index is 199. The van der Waals surface area contributed by atoms with E-state index >= 15 is 0 Å². The van der Waals surface area contributed by atoms with Crippen molar-refractivity contribution in [3.63, 3.8) is 0 Å². The van der Waals surface area contributed by atoms with Crippen molar-refractivity contribution in [1.82, 2.24) is 0 Å². The molecule has 0 fully saturated rings. The Morgan fingerprint density at radius 1 is 1.25 bits per heavy atom. The predicted octanol–water partition coefficient (Wildman–Crippen LogP) is -0.139. The van der Waals surface area contributed by atoms with Crippen molar-refractivity contribution in [2.45, 2.75) is 0 Å². The maximum absolute atomic E-state index is 10.4. The van der Waals surface area contributed by atoms with Crippen molar-refractivity contribution in [1.29, 1.82) is 0 Å². The molecule has 0 aliphatic rings. The first-order valence-corrected chi connectivity index (χ1v) is 2.36. The van der Waals surface area contributed by atoms with Crippen LogP contribution < -0.4 is 10.5 Å². The first kappa shape index (κ1) is 4.97. The standard InChI is InChI=1S/C6H5NO/c8-6-4-2-1-3-5-7-6/h1-5H/p+1. The highest BCUT2D eigenvalue weighted by Crippen LogP contribution is 1.66. The van der Waals surface area contributed by atoms with E-state index in [0.29, 0.717) is 0 Å². The molecule has 40 valence electrons. The minimum Gasteiger partial charge on any atom is -0.215 e. The van der Waals surface area contributed by atoms with Crippen LogP contribution in [-0.4, -0.2) is 0 Å². The molecule has 0 atom stereocenters. The molecule has 1 aromatic heterocycles. The molecule has 1 aromatic rings. The second kappa shape index (κ2) is 2.21. The molecule has 0 radical (unpaired) electrons. The van der Waals surface area contributed by atoms with Gasteiger partial charge < -0.3 is 0 Å². The highest BCUT2D eigenvalue weighted by molar-refractivity contribution is 4.87. The molecule has 0 amide bonds. The molecule has 0 saturated carbocycles. The highest BCUT2D eigenvalue weighted by Gasteiger charge is 1.78. The van der Waals surface area contributed by atoms with E-state index in [1.54, 1.807) is 24.4 Å². The van der Waals surface area contributed by atoms with Gasteiger partial charge in [-0.25, -0.2) is 4.79 Å². The molecular formula is C6H6NO+. The summed E-state index contributed by atoms with van der Waals surface area (Å²) >= 11 is 0. The van der Waals surface area contributed by atoms with E-state index in [1.165, 1.54) is 6.07 Å². The van der Waals surface area contributed by atoms with Crippen molar-refractivity contribution in [2.75, 3.05) is 0 Å². The number of hydrogen-bond donors (Lipinski definition) is 0. The van der Waals surface area contributed by atoms with Gasteiger partial charge >= 0.3 is 5.56 Å². The lowest BCUT2D eigenvalue weighted by Crippen LogP contribution is -2.21. The second-order valence-electron chi connectivity index (χ2n) is 1.42. The maximum atomic E-state index is 10.4. The molecule has 0 unspecified atom stereocenters. The van der Waals surface area contributed by atoms with Gasteiger partial charge in [0.15, 0.2) is 6.20 Å². The molecule has 0 aliphatic heterocycles. The lowest BCUT2D eigenvalue weighted by molar-refractivity contribution is -0.395. The molecule has 1 rings (SSSR count). The van der Waals surface area contributed by atoms with Crippen molar-refractivity contribution in [2.24, 2.45) is 0 Å². The Hall–Kier alpha value is -1.18. The Kier molecular flexibility index (Phi) is 1.37. The SMILES string of the molecule is O=c1ccccc[nH+]1. The Morgan fingerprint density at radius 2 is 2.12 bits per heavy atom. The maximum Gasteiger partial charge on any atom is 0.410 e. The third-order valence-corrected chi connectivity index (χ3v) is 0.792. The summed E-state index contributed by atoms with van der Waals surface area (Å²) in [7, 11) is 0. The average Bonchev–Trinajstić information content (AvgIpc) is 1.94. The lowest BCUT2D eigenvalue weighted by Gasteiger charge is -1.49. The van der Waals surface area contributed by atoms with Crippen LogP contribution in [0, 0.1) is 0 Å². The van der Waals surface area contributed by atoms with Crippen molar-refractivity contribution in [3.05, 3.63) is 40.8 Å². The molecule has 1 N–H and O–H groups in total. The van der Waals surface area contributed by atoms with Crippen LogP contribution in [0.2, 0.25) is 0 Å². The average molecular weight is 108 g/mol. The van der Waals surface area contributed by atoms with E-state index in [4.69, 9.17) is 0 Å². The zero-order valence-electron chi connectivity index (χ0n) is 4.29. The van der Waals surface area contributed by atoms with Crippen LogP contribution in [-0.2, 0) is 0 Å². The van der Waals surface area contributed by atoms with Gasteiger partial charge in [0.2, 0.25) is 0 Å². The minimum absolute atomic E-state index is 0.0741. The molecular weight excluding hydrogens is 102 g/mol.